The molecule has 1 fully saturated rings. The number of anilines is 1. The summed E-state index contributed by atoms with van der Waals surface area (Å²) in [7, 11) is 1.61. The van der Waals surface area contributed by atoms with E-state index in [0.717, 1.165) is 5.56 Å². The van der Waals surface area contributed by atoms with Crippen molar-refractivity contribution < 1.29 is 23.9 Å². The molecule has 2 aliphatic rings. The van der Waals surface area contributed by atoms with Gasteiger partial charge >= 0.3 is 0 Å². The van der Waals surface area contributed by atoms with Crippen LogP contribution in [0.3, 0.4) is 0 Å². The summed E-state index contributed by atoms with van der Waals surface area (Å²) in [6.07, 6.45) is 5.60. The predicted molar refractivity (Wildman–Crippen MR) is 95.5 cm³/mol. The maximum atomic E-state index is 12.7. The molecule has 1 N–H and O–H groups in total. The Kier molecular flexibility index (Phi) is 5.23. The Labute approximate surface area is 156 Å². The number of carbonyl (C=O) groups is 4. The minimum Gasteiger partial charge on any atom is -0.359 e. The zero-order valence-corrected chi connectivity index (χ0v) is 14.9. The number of rotatable bonds is 5. The van der Waals surface area contributed by atoms with Crippen LogP contribution in [0, 0.1) is 12.3 Å². The smallest absolute Gasteiger partial charge is 0.255 e. The van der Waals surface area contributed by atoms with Gasteiger partial charge in [-0.3, -0.25) is 24.5 Å². The molecule has 2 heterocycles. The van der Waals surface area contributed by atoms with Crippen LogP contribution in [0.25, 0.3) is 0 Å². The number of nitrogens with zero attached hydrogens (tertiary/aromatic N) is 2. The van der Waals surface area contributed by atoms with Crippen molar-refractivity contribution in [1.29, 1.82) is 0 Å². The van der Waals surface area contributed by atoms with Crippen molar-refractivity contribution >= 4 is 29.3 Å². The van der Waals surface area contributed by atoms with Gasteiger partial charge in [-0.25, -0.2) is 0 Å². The van der Waals surface area contributed by atoms with Crippen molar-refractivity contribution in [2.45, 2.75) is 25.4 Å². The van der Waals surface area contributed by atoms with Crippen LogP contribution in [0.4, 0.5) is 5.69 Å². The van der Waals surface area contributed by atoms with Gasteiger partial charge in [-0.05, 0) is 30.2 Å². The fraction of sp³-hybridized carbons (Fsp3) is 0.368. The second-order valence-electron chi connectivity index (χ2n) is 6.39. The summed E-state index contributed by atoms with van der Waals surface area (Å²) in [5.74, 6) is 0.996. The summed E-state index contributed by atoms with van der Waals surface area (Å²) >= 11 is 0. The van der Waals surface area contributed by atoms with Crippen LogP contribution < -0.4 is 10.2 Å². The Bertz CT molecular complexity index is 857. The van der Waals surface area contributed by atoms with E-state index < -0.39 is 11.9 Å². The number of carbonyl (C=O) groups excluding carboxylic acids is 4. The first kappa shape index (κ1) is 18.6. The molecule has 1 unspecified atom stereocenters. The zero-order valence-electron chi connectivity index (χ0n) is 14.9. The molecular weight excluding hydrogens is 350 g/mol. The minimum absolute atomic E-state index is 0.0547. The number of hydrogen-bond acceptors (Lipinski definition) is 5. The largest absolute Gasteiger partial charge is 0.359 e. The number of fused-ring (bicyclic) bond motifs is 1. The summed E-state index contributed by atoms with van der Waals surface area (Å²) in [5, 5.41) is 2.27. The lowest BCUT2D eigenvalue weighted by Gasteiger charge is -2.29. The number of ether oxygens (including phenoxy) is 1. The Morgan fingerprint density at radius 2 is 2.19 bits per heavy atom. The van der Waals surface area contributed by atoms with Crippen molar-refractivity contribution in [2.75, 3.05) is 25.2 Å². The summed E-state index contributed by atoms with van der Waals surface area (Å²) in [4.78, 5) is 51.1. The monoisotopic (exact) mass is 369 g/mol. The zero-order chi connectivity index (χ0) is 19.6. The highest BCUT2D eigenvalue weighted by atomic mass is 16.5. The molecule has 8 heteroatoms. The van der Waals surface area contributed by atoms with E-state index in [1.807, 2.05) is 0 Å². The Balaban J connectivity index is 1.74. The third-order valence-electron chi connectivity index (χ3n) is 4.68. The van der Waals surface area contributed by atoms with E-state index in [-0.39, 0.29) is 43.9 Å². The highest BCUT2D eigenvalue weighted by Crippen LogP contribution is 2.30. The number of likely N-dealkylation sites (N-methyl/N-ethyl adjacent to an activating group) is 1. The van der Waals surface area contributed by atoms with E-state index in [1.165, 1.54) is 9.80 Å². The van der Waals surface area contributed by atoms with Crippen LogP contribution >= 0.6 is 0 Å². The number of terminal acetylenes is 1. The average molecular weight is 369 g/mol. The van der Waals surface area contributed by atoms with Crippen LogP contribution in [-0.4, -0.2) is 54.8 Å². The van der Waals surface area contributed by atoms with Crippen molar-refractivity contribution in [3.05, 3.63) is 29.3 Å². The fourth-order valence-corrected chi connectivity index (χ4v) is 3.21. The molecule has 0 radical (unpaired) electrons. The van der Waals surface area contributed by atoms with Crippen LogP contribution in [0.1, 0.15) is 28.8 Å². The number of imide groups is 1. The number of hydrogen-bond donors (Lipinski definition) is 1. The standard InChI is InChI=1S/C19H19N3O5/c1-3-8-27-11-17(24)21(2)13-4-5-14-12(9-13)10-22(19(14)26)15-6-7-16(23)20-18(15)25/h1,4-5,9,15H,6-8,10-11H2,2H3,(H,20,23,25). The Morgan fingerprint density at radius 1 is 1.41 bits per heavy atom. The lowest BCUT2D eigenvalue weighted by atomic mass is 10.0. The molecular formula is C19H19N3O5. The Morgan fingerprint density at radius 3 is 2.89 bits per heavy atom. The van der Waals surface area contributed by atoms with Gasteiger partial charge in [0.2, 0.25) is 11.8 Å². The highest BCUT2D eigenvalue weighted by Gasteiger charge is 2.39. The molecule has 27 heavy (non-hydrogen) atoms. The quantitative estimate of drug-likeness (QED) is 0.450. The molecule has 8 nitrogen and oxygen atoms in total. The molecule has 140 valence electrons. The summed E-state index contributed by atoms with van der Waals surface area (Å²) in [6.45, 7) is 0.169. The summed E-state index contributed by atoms with van der Waals surface area (Å²) in [6, 6.07) is 4.40. The fourth-order valence-electron chi connectivity index (χ4n) is 3.21. The van der Waals surface area contributed by atoms with Gasteiger partial charge in [0.25, 0.3) is 11.8 Å². The molecule has 1 saturated heterocycles. The van der Waals surface area contributed by atoms with E-state index in [1.54, 1.807) is 25.2 Å². The second kappa shape index (κ2) is 7.60. The average Bonchev–Trinajstić information content (AvgIpc) is 2.97. The lowest BCUT2D eigenvalue weighted by molar-refractivity contribution is -0.137. The second-order valence-corrected chi connectivity index (χ2v) is 6.39. The Hall–Kier alpha value is -3.18. The number of nitrogens with one attached hydrogen (secondary N) is 1. The molecule has 1 aromatic carbocycles. The topological polar surface area (TPSA) is 96.0 Å². The molecule has 0 aromatic heterocycles. The first-order chi connectivity index (χ1) is 12.9. The molecule has 0 spiro atoms. The maximum Gasteiger partial charge on any atom is 0.255 e. The van der Waals surface area contributed by atoms with Gasteiger partial charge in [0.15, 0.2) is 0 Å². The van der Waals surface area contributed by atoms with Crippen molar-refractivity contribution in [1.82, 2.24) is 10.2 Å². The van der Waals surface area contributed by atoms with Crippen molar-refractivity contribution in [2.24, 2.45) is 0 Å². The maximum absolute atomic E-state index is 12.7. The molecule has 1 atom stereocenters. The van der Waals surface area contributed by atoms with Gasteiger partial charge in [0, 0.05) is 31.3 Å². The summed E-state index contributed by atoms with van der Waals surface area (Å²) < 4.78 is 5.05. The number of amides is 4. The molecule has 1 aromatic rings. The van der Waals surface area contributed by atoms with E-state index >= 15 is 0 Å². The molecule has 0 bridgehead atoms. The number of benzene rings is 1. The van der Waals surface area contributed by atoms with Crippen molar-refractivity contribution in [3.63, 3.8) is 0 Å². The molecule has 0 saturated carbocycles. The van der Waals surface area contributed by atoms with E-state index in [9.17, 15) is 19.2 Å². The van der Waals surface area contributed by atoms with Crippen molar-refractivity contribution in [3.8, 4) is 12.3 Å². The predicted octanol–water partition coefficient (Wildman–Crippen LogP) is 0.0602. The first-order valence-corrected chi connectivity index (χ1v) is 8.47. The van der Waals surface area contributed by atoms with Gasteiger partial charge in [0.05, 0.1) is 0 Å². The van der Waals surface area contributed by atoms with Crippen LogP contribution in [-0.2, 0) is 25.7 Å². The summed E-state index contributed by atoms with van der Waals surface area (Å²) in [5.41, 5.74) is 1.83. The third kappa shape index (κ3) is 3.68. The van der Waals surface area contributed by atoms with Gasteiger partial charge in [-0.15, -0.1) is 6.42 Å². The van der Waals surface area contributed by atoms with Crippen LogP contribution in [0.5, 0.6) is 0 Å². The molecule has 0 aliphatic carbocycles. The van der Waals surface area contributed by atoms with Crippen LogP contribution in [0.15, 0.2) is 18.2 Å². The van der Waals surface area contributed by atoms with E-state index in [0.29, 0.717) is 17.7 Å². The van der Waals surface area contributed by atoms with Gasteiger partial charge < -0.3 is 14.5 Å². The lowest BCUT2D eigenvalue weighted by Crippen LogP contribution is -2.52. The molecule has 2 aliphatic heterocycles. The van der Waals surface area contributed by atoms with Gasteiger partial charge in [0.1, 0.15) is 19.3 Å². The molecule has 4 amide bonds. The molecule has 3 rings (SSSR count). The highest BCUT2D eigenvalue weighted by molar-refractivity contribution is 6.05. The third-order valence-corrected chi connectivity index (χ3v) is 4.68. The number of piperidine rings is 1. The van der Waals surface area contributed by atoms with Gasteiger partial charge in [-0.1, -0.05) is 5.92 Å². The first-order valence-electron chi connectivity index (χ1n) is 8.47. The van der Waals surface area contributed by atoms with Gasteiger partial charge in [-0.2, -0.15) is 0 Å². The normalized spacial score (nSPS) is 18.7. The van der Waals surface area contributed by atoms with Crippen LogP contribution in [0.2, 0.25) is 0 Å². The SMILES string of the molecule is C#CCOCC(=O)N(C)c1ccc2c(c1)CN(C1CCC(=O)NC1=O)C2=O. The minimum atomic E-state index is -0.664. The van der Waals surface area contributed by atoms with E-state index in [2.05, 4.69) is 11.2 Å². The van der Waals surface area contributed by atoms with E-state index in [4.69, 9.17) is 11.2 Å².